The third-order valence-electron chi connectivity index (χ3n) is 4.83. The van der Waals surface area contributed by atoms with Gasteiger partial charge in [0.15, 0.2) is 0 Å². The van der Waals surface area contributed by atoms with Gasteiger partial charge in [-0.15, -0.1) is 0 Å². The van der Waals surface area contributed by atoms with E-state index in [4.69, 9.17) is 9.47 Å². The largest absolute Gasteiger partial charge is 0.491 e. The predicted octanol–water partition coefficient (Wildman–Crippen LogP) is 0.708. The van der Waals surface area contributed by atoms with Gasteiger partial charge in [-0.3, -0.25) is 9.69 Å². The second-order valence-corrected chi connectivity index (χ2v) is 6.85. The summed E-state index contributed by atoms with van der Waals surface area (Å²) in [6.45, 7) is 4.42. The third-order valence-corrected chi connectivity index (χ3v) is 4.83. The summed E-state index contributed by atoms with van der Waals surface area (Å²) < 4.78 is 12.5. The van der Waals surface area contributed by atoms with E-state index >= 15 is 0 Å². The molecule has 28 heavy (non-hydrogen) atoms. The second-order valence-electron chi connectivity index (χ2n) is 6.85. The molecule has 0 bridgehead atoms. The van der Waals surface area contributed by atoms with Gasteiger partial charge in [0.1, 0.15) is 18.2 Å². The van der Waals surface area contributed by atoms with Crippen molar-refractivity contribution in [3.05, 3.63) is 48.0 Å². The maximum absolute atomic E-state index is 12.5. The zero-order chi connectivity index (χ0) is 19.8. The fourth-order valence-electron chi connectivity index (χ4n) is 3.28. The first kappa shape index (κ1) is 20.3. The van der Waals surface area contributed by atoms with Crippen molar-refractivity contribution in [3.63, 3.8) is 0 Å². The van der Waals surface area contributed by atoms with Gasteiger partial charge in [0.2, 0.25) is 5.91 Å². The highest BCUT2D eigenvalue weighted by molar-refractivity contribution is 5.78. The maximum Gasteiger partial charge on any atom is 0.234 e. The lowest BCUT2D eigenvalue weighted by Gasteiger charge is -2.35. The molecule has 0 aliphatic carbocycles. The number of carbonyl (C=O) groups excluding carboxylic acids is 1. The number of aromatic nitrogens is 2. The topological polar surface area (TPSA) is 80.7 Å². The minimum atomic E-state index is 0.0153. The Morgan fingerprint density at radius 3 is 2.86 bits per heavy atom. The van der Waals surface area contributed by atoms with Crippen LogP contribution >= 0.6 is 0 Å². The number of ether oxygens (including phenoxy) is 2. The van der Waals surface area contributed by atoms with Crippen molar-refractivity contribution in [3.8, 4) is 5.75 Å². The average Bonchev–Trinajstić information content (AvgIpc) is 3.14. The summed E-state index contributed by atoms with van der Waals surface area (Å²) in [6, 6.07) is 7.84. The van der Waals surface area contributed by atoms with Crippen molar-refractivity contribution in [2.45, 2.75) is 12.6 Å². The van der Waals surface area contributed by atoms with Crippen molar-refractivity contribution >= 4 is 5.91 Å². The lowest BCUT2D eigenvalue weighted by atomic mass is 10.1. The van der Waals surface area contributed by atoms with Crippen LogP contribution < -0.4 is 15.4 Å². The number of hydrogen-bond donors (Lipinski definition) is 2. The number of piperazine rings is 1. The van der Waals surface area contributed by atoms with Gasteiger partial charge in [-0.05, 0) is 17.7 Å². The van der Waals surface area contributed by atoms with Crippen LogP contribution in [0, 0.1) is 0 Å². The Hall–Kier alpha value is -2.42. The van der Waals surface area contributed by atoms with Gasteiger partial charge in [0.25, 0.3) is 0 Å². The van der Waals surface area contributed by atoms with E-state index in [0.29, 0.717) is 26.3 Å². The first-order valence-corrected chi connectivity index (χ1v) is 9.56. The Balaban J connectivity index is 1.48. The van der Waals surface area contributed by atoms with Crippen LogP contribution in [0.5, 0.6) is 5.75 Å². The molecule has 1 aromatic carbocycles. The zero-order valence-electron chi connectivity index (χ0n) is 16.6. The van der Waals surface area contributed by atoms with Crippen molar-refractivity contribution in [1.29, 1.82) is 0 Å². The fraction of sp³-hybridized carbons (Fsp3) is 0.500. The number of imidazole rings is 1. The zero-order valence-corrected chi connectivity index (χ0v) is 16.6. The molecule has 2 heterocycles. The Morgan fingerprint density at radius 2 is 2.14 bits per heavy atom. The van der Waals surface area contributed by atoms with E-state index in [2.05, 4.69) is 20.5 Å². The molecule has 0 spiro atoms. The number of carbonyl (C=O) groups is 1. The highest BCUT2D eigenvalue weighted by Gasteiger charge is 2.28. The van der Waals surface area contributed by atoms with Crippen LogP contribution in [-0.2, 0) is 23.1 Å². The molecule has 152 valence electrons. The highest BCUT2D eigenvalue weighted by Crippen LogP contribution is 2.19. The molecular weight excluding hydrogens is 358 g/mol. The molecule has 0 radical (unpaired) electrons. The number of aryl methyl sites for hydroxylation is 1. The summed E-state index contributed by atoms with van der Waals surface area (Å²) in [4.78, 5) is 19.1. The van der Waals surface area contributed by atoms with Crippen LogP contribution in [0.25, 0.3) is 0 Å². The molecule has 1 fully saturated rings. The van der Waals surface area contributed by atoms with Gasteiger partial charge in [0, 0.05) is 52.7 Å². The first-order valence-electron chi connectivity index (χ1n) is 9.56. The summed E-state index contributed by atoms with van der Waals surface area (Å²) in [6.07, 6.45) is 3.73. The van der Waals surface area contributed by atoms with Crippen molar-refractivity contribution in [2.75, 3.05) is 46.5 Å². The minimum absolute atomic E-state index is 0.0153. The SMILES string of the molecule is COCCOc1ccc(CNC(=O)CN2CCNCC2c2nccn2C)cc1. The number of nitrogens with one attached hydrogen (secondary N) is 2. The highest BCUT2D eigenvalue weighted by atomic mass is 16.5. The summed E-state index contributed by atoms with van der Waals surface area (Å²) in [7, 11) is 3.63. The van der Waals surface area contributed by atoms with Gasteiger partial charge in [-0.25, -0.2) is 4.98 Å². The van der Waals surface area contributed by atoms with E-state index in [1.54, 1.807) is 13.3 Å². The second kappa shape index (κ2) is 10.2. The Labute approximate surface area is 165 Å². The standard InChI is InChI=1S/C20H29N5O3/c1-24-9-8-22-20(24)18-14-21-7-10-25(18)15-19(26)23-13-16-3-5-17(6-4-16)28-12-11-27-2/h3-6,8-9,18,21H,7,10-15H2,1-2H3,(H,23,26). The Bertz CT molecular complexity index is 747. The van der Waals surface area contributed by atoms with E-state index in [0.717, 1.165) is 36.8 Å². The lowest BCUT2D eigenvalue weighted by molar-refractivity contribution is -0.123. The molecule has 3 rings (SSSR count). The number of amides is 1. The Morgan fingerprint density at radius 1 is 1.32 bits per heavy atom. The van der Waals surface area contributed by atoms with Crippen molar-refractivity contribution in [2.24, 2.45) is 7.05 Å². The summed E-state index contributed by atoms with van der Waals surface area (Å²) >= 11 is 0. The molecule has 8 nitrogen and oxygen atoms in total. The predicted molar refractivity (Wildman–Crippen MR) is 106 cm³/mol. The van der Waals surface area contributed by atoms with Crippen LogP contribution in [-0.4, -0.2) is 66.9 Å². The van der Waals surface area contributed by atoms with Gasteiger partial charge >= 0.3 is 0 Å². The van der Waals surface area contributed by atoms with Gasteiger partial charge in [0.05, 0.1) is 19.2 Å². The van der Waals surface area contributed by atoms with Crippen molar-refractivity contribution < 1.29 is 14.3 Å². The molecule has 1 aromatic heterocycles. The molecule has 1 aliphatic heterocycles. The van der Waals surface area contributed by atoms with E-state index in [1.807, 2.05) is 42.1 Å². The third kappa shape index (κ3) is 5.54. The van der Waals surface area contributed by atoms with Gasteiger partial charge < -0.3 is 24.7 Å². The molecule has 8 heteroatoms. The lowest BCUT2D eigenvalue weighted by Crippen LogP contribution is -2.50. The van der Waals surface area contributed by atoms with E-state index in [9.17, 15) is 4.79 Å². The average molecular weight is 387 g/mol. The molecule has 1 saturated heterocycles. The molecule has 0 saturated carbocycles. The van der Waals surface area contributed by atoms with E-state index in [-0.39, 0.29) is 11.9 Å². The number of nitrogens with zero attached hydrogens (tertiary/aromatic N) is 3. The molecular formula is C20H29N5O3. The number of hydrogen-bond acceptors (Lipinski definition) is 6. The molecule has 1 atom stereocenters. The van der Waals surface area contributed by atoms with Crippen LogP contribution in [0.15, 0.2) is 36.7 Å². The quantitative estimate of drug-likeness (QED) is 0.617. The molecule has 1 aliphatic rings. The smallest absolute Gasteiger partial charge is 0.234 e. The van der Waals surface area contributed by atoms with E-state index in [1.165, 1.54) is 0 Å². The summed E-state index contributed by atoms with van der Waals surface area (Å²) in [5, 5.41) is 6.40. The molecule has 2 aromatic rings. The first-order chi connectivity index (χ1) is 13.7. The minimum Gasteiger partial charge on any atom is -0.491 e. The van der Waals surface area contributed by atoms with Gasteiger partial charge in [-0.1, -0.05) is 12.1 Å². The number of benzene rings is 1. The van der Waals surface area contributed by atoms with Crippen molar-refractivity contribution in [1.82, 2.24) is 25.1 Å². The normalized spacial score (nSPS) is 17.4. The summed E-state index contributed by atoms with van der Waals surface area (Å²) in [5.74, 6) is 1.79. The molecule has 1 amide bonds. The van der Waals surface area contributed by atoms with Crippen LogP contribution in [0.2, 0.25) is 0 Å². The van der Waals surface area contributed by atoms with Crippen LogP contribution in [0.1, 0.15) is 17.4 Å². The Kier molecular flexibility index (Phi) is 7.41. The monoisotopic (exact) mass is 387 g/mol. The van der Waals surface area contributed by atoms with Crippen LogP contribution in [0.4, 0.5) is 0 Å². The number of methoxy groups -OCH3 is 1. The van der Waals surface area contributed by atoms with Crippen LogP contribution in [0.3, 0.4) is 0 Å². The number of rotatable bonds is 9. The van der Waals surface area contributed by atoms with E-state index < -0.39 is 0 Å². The molecule has 1 unspecified atom stereocenters. The molecule has 2 N–H and O–H groups in total. The maximum atomic E-state index is 12.5. The summed E-state index contributed by atoms with van der Waals surface area (Å²) in [5.41, 5.74) is 1.04. The fourth-order valence-corrected chi connectivity index (χ4v) is 3.28. The van der Waals surface area contributed by atoms with Gasteiger partial charge in [-0.2, -0.15) is 0 Å².